The van der Waals surface area contributed by atoms with Crippen molar-refractivity contribution in [1.82, 2.24) is 4.90 Å². The molecule has 1 atom stereocenters. The first-order chi connectivity index (χ1) is 9.11. The topological polar surface area (TPSA) is 46.3 Å². The number of carbonyl (C=O) groups excluding carboxylic acids is 1. The number of amides is 1. The van der Waals surface area contributed by atoms with Crippen LogP contribution < -0.4 is 5.73 Å². The second-order valence-electron chi connectivity index (χ2n) is 5.66. The fraction of sp³-hybridized carbons (Fsp3) is 0.562. The predicted octanol–water partition coefficient (Wildman–Crippen LogP) is 2.93. The molecule has 1 aromatic carbocycles. The van der Waals surface area contributed by atoms with Gasteiger partial charge in [-0.15, -0.1) is 12.4 Å². The van der Waals surface area contributed by atoms with Crippen LogP contribution in [0.4, 0.5) is 0 Å². The SMILES string of the molecule is Cc1ccc(C(=O)N2CCCC(CCN)C2)c(C)c1.Cl. The van der Waals surface area contributed by atoms with E-state index in [0.717, 1.165) is 43.6 Å². The lowest BCUT2D eigenvalue weighted by Gasteiger charge is -2.33. The maximum absolute atomic E-state index is 12.6. The Hall–Kier alpha value is -1.06. The molecule has 1 fully saturated rings. The van der Waals surface area contributed by atoms with Gasteiger partial charge < -0.3 is 10.6 Å². The molecule has 1 amide bonds. The first-order valence-electron chi connectivity index (χ1n) is 7.18. The lowest BCUT2D eigenvalue weighted by atomic mass is 9.94. The first-order valence-corrected chi connectivity index (χ1v) is 7.18. The number of hydrogen-bond acceptors (Lipinski definition) is 2. The molecule has 2 N–H and O–H groups in total. The van der Waals surface area contributed by atoms with Crippen LogP contribution in [0.2, 0.25) is 0 Å². The van der Waals surface area contributed by atoms with Gasteiger partial charge in [-0.2, -0.15) is 0 Å². The molecule has 1 aliphatic rings. The molecular formula is C16H25ClN2O. The number of halogens is 1. The Morgan fingerprint density at radius 2 is 2.15 bits per heavy atom. The van der Waals surface area contributed by atoms with Crippen molar-refractivity contribution in [3.05, 3.63) is 34.9 Å². The molecule has 1 unspecified atom stereocenters. The van der Waals surface area contributed by atoms with Crippen LogP contribution in [0.15, 0.2) is 18.2 Å². The Labute approximate surface area is 127 Å². The van der Waals surface area contributed by atoms with Crippen LogP contribution in [-0.2, 0) is 0 Å². The summed E-state index contributed by atoms with van der Waals surface area (Å²) in [5.41, 5.74) is 8.75. The standard InChI is InChI=1S/C16H24N2O.ClH/c1-12-5-6-15(13(2)10-12)16(19)18-9-3-4-14(11-18)7-8-17;/h5-6,10,14H,3-4,7-9,11,17H2,1-2H3;1H. The Bertz CT molecular complexity index is 460. The minimum atomic E-state index is 0. The van der Waals surface area contributed by atoms with Crippen molar-refractivity contribution in [3.63, 3.8) is 0 Å². The third-order valence-corrected chi connectivity index (χ3v) is 3.99. The zero-order valence-electron chi connectivity index (χ0n) is 12.4. The van der Waals surface area contributed by atoms with Gasteiger partial charge in [0, 0.05) is 18.7 Å². The summed E-state index contributed by atoms with van der Waals surface area (Å²) in [7, 11) is 0. The molecule has 112 valence electrons. The van der Waals surface area contributed by atoms with Gasteiger partial charge in [0.15, 0.2) is 0 Å². The van der Waals surface area contributed by atoms with Crippen molar-refractivity contribution in [1.29, 1.82) is 0 Å². The summed E-state index contributed by atoms with van der Waals surface area (Å²) in [6.45, 7) is 6.54. The van der Waals surface area contributed by atoms with Gasteiger partial charge in [0.2, 0.25) is 0 Å². The van der Waals surface area contributed by atoms with Crippen molar-refractivity contribution >= 4 is 18.3 Å². The van der Waals surface area contributed by atoms with Crippen LogP contribution in [0.5, 0.6) is 0 Å². The van der Waals surface area contributed by atoms with E-state index in [1.165, 1.54) is 12.0 Å². The second-order valence-corrected chi connectivity index (χ2v) is 5.66. The summed E-state index contributed by atoms with van der Waals surface area (Å²) in [4.78, 5) is 14.6. The lowest BCUT2D eigenvalue weighted by molar-refractivity contribution is 0.0669. The molecule has 1 heterocycles. The predicted molar refractivity (Wildman–Crippen MR) is 85.5 cm³/mol. The van der Waals surface area contributed by atoms with Gasteiger partial charge in [-0.25, -0.2) is 0 Å². The quantitative estimate of drug-likeness (QED) is 0.932. The summed E-state index contributed by atoms with van der Waals surface area (Å²) < 4.78 is 0. The number of benzene rings is 1. The largest absolute Gasteiger partial charge is 0.338 e. The van der Waals surface area contributed by atoms with E-state index in [0.29, 0.717) is 5.92 Å². The molecule has 0 bridgehead atoms. The molecule has 2 rings (SSSR count). The molecule has 0 spiro atoms. The average molecular weight is 297 g/mol. The highest BCUT2D eigenvalue weighted by Crippen LogP contribution is 2.22. The highest BCUT2D eigenvalue weighted by molar-refractivity contribution is 5.95. The molecule has 0 radical (unpaired) electrons. The zero-order chi connectivity index (χ0) is 13.8. The fourth-order valence-electron chi connectivity index (χ4n) is 2.94. The second kappa shape index (κ2) is 7.65. The van der Waals surface area contributed by atoms with E-state index < -0.39 is 0 Å². The van der Waals surface area contributed by atoms with Crippen molar-refractivity contribution < 1.29 is 4.79 Å². The van der Waals surface area contributed by atoms with Gasteiger partial charge in [-0.3, -0.25) is 4.79 Å². The molecule has 1 saturated heterocycles. The van der Waals surface area contributed by atoms with Crippen LogP contribution in [0.1, 0.15) is 40.7 Å². The van der Waals surface area contributed by atoms with Gasteiger partial charge in [-0.1, -0.05) is 17.7 Å². The minimum Gasteiger partial charge on any atom is -0.338 e. The minimum absolute atomic E-state index is 0. The van der Waals surface area contributed by atoms with Crippen LogP contribution >= 0.6 is 12.4 Å². The third-order valence-electron chi connectivity index (χ3n) is 3.99. The maximum atomic E-state index is 12.6. The van der Waals surface area contributed by atoms with Gasteiger partial charge in [0.25, 0.3) is 5.91 Å². The molecule has 0 aliphatic carbocycles. The Balaban J connectivity index is 0.00000200. The third kappa shape index (κ3) is 3.97. The van der Waals surface area contributed by atoms with E-state index in [1.807, 2.05) is 24.0 Å². The molecule has 1 aliphatic heterocycles. The van der Waals surface area contributed by atoms with E-state index in [-0.39, 0.29) is 18.3 Å². The summed E-state index contributed by atoms with van der Waals surface area (Å²) in [5, 5.41) is 0. The summed E-state index contributed by atoms with van der Waals surface area (Å²) in [5.74, 6) is 0.757. The summed E-state index contributed by atoms with van der Waals surface area (Å²) in [6.07, 6.45) is 3.33. The highest BCUT2D eigenvalue weighted by Gasteiger charge is 2.24. The Morgan fingerprint density at radius 1 is 1.40 bits per heavy atom. The first kappa shape index (κ1) is 17.0. The number of nitrogens with zero attached hydrogens (tertiary/aromatic N) is 1. The number of likely N-dealkylation sites (tertiary alicyclic amines) is 1. The summed E-state index contributed by atoms with van der Waals surface area (Å²) in [6, 6.07) is 6.05. The smallest absolute Gasteiger partial charge is 0.254 e. The fourth-order valence-corrected chi connectivity index (χ4v) is 2.94. The van der Waals surface area contributed by atoms with Crippen molar-refractivity contribution in [2.45, 2.75) is 33.1 Å². The van der Waals surface area contributed by atoms with Crippen LogP contribution in [0, 0.1) is 19.8 Å². The van der Waals surface area contributed by atoms with Gasteiger partial charge >= 0.3 is 0 Å². The molecule has 4 heteroatoms. The van der Waals surface area contributed by atoms with Crippen molar-refractivity contribution in [3.8, 4) is 0 Å². The summed E-state index contributed by atoms with van der Waals surface area (Å²) >= 11 is 0. The number of piperidine rings is 1. The van der Waals surface area contributed by atoms with E-state index in [2.05, 4.69) is 13.0 Å². The van der Waals surface area contributed by atoms with E-state index in [1.54, 1.807) is 0 Å². The van der Waals surface area contributed by atoms with Crippen LogP contribution in [-0.4, -0.2) is 30.4 Å². The van der Waals surface area contributed by atoms with E-state index in [9.17, 15) is 4.79 Å². The van der Waals surface area contributed by atoms with E-state index in [4.69, 9.17) is 5.73 Å². The average Bonchev–Trinajstić information content (AvgIpc) is 2.39. The highest BCUT2D eigenvalue weighted by atomic mass is 35.5. The monoisotopic (exact) mass is 296 g/mol. The molecule has 1 aromatic rings. The molecule has 20 heavy (non-hydrogen) atoms. The maximum Gasteiger partial charge on any atom is 0.254 e. The van der Waals surface area contributed by atoms with Crippen molar-refractivity contribution in [2.24, 2.45) is 11.7 Å². The normalized spacial score (nSPS) is 18.6. The number of nitrogens with two attached hydrogens (primary N) is 1. The Morgan fingerprint density at radius 3 is 2.80 bits per heavy atom. The van der Waals surface area contributed by atoms with E-state index >= 15 is 0 Å². The Kier molecular flexibility index (Phi) is 6.50. The molecule has 0 aromatic heterocycles. The molecular weight excluding hydrogens is 272 g/mol. The van der Waals surface area contributed by atoms with Crippen LogP contribution in [0.3, 0.4) is 0 Å². The number of carbonyl (C=O) groups is 1. The molecule has 3 nitrogen and oxygen atoms in total. The van der Waals surface area contributed by atoms with Gasteiger partial charge in [0.1, 0.15) is 0 Å². The van der Waals surface area contributed by atoms with Gasteiger partial charge in [0.05, 0.1) is 0 Å². The van der Waals surface area contributed by atoms with Crippen molar-refractivity contribution in [2.75, 3.05) is 19.6 Å². The zero-order valence-corrected chi connectivity index (χ0v) is 13.2. The van der Waals surface area contributed by atoms with Crippen LogP contribution in [0.25, 0.3) is 0 Å². The number of aryl methyl sites for hydroxylation is 2. The number of hydrogen-bond donors (Lipinski definition) is 1. The number of rotatable bonds is 3. The molecule has 0 saturated carbocycles. The lowest BCUT2D eigenvalue weighted by Crippen LogP contribution is -2.40. The van der Waals surface area contributed by atoms with Gasteiger partial charge in [-0.05, 0) is 57.2 Å².